The van der Waals surface area contributed by atoms with Gasteiger partial charge in [0.2, 0.25) is 0 Å². The fourth-order valence-corrected chi connectivity index (χ4v) is 7.07. The number of nitrogens with zero attached hydrogens (tertiary/aromatic N) is 4. The number of carbonyl (C=O) groups is 2. The van der Waals surface area contributed by atoms with Crippen molar-refractivity contribution in [2.24, 2.45) is 0 Å². The highest BCUT2D eigenvalue weighted by Gasteiger charge is 2.29. The molecule has 0 radical (unpaired) electrons. The summed E-state index contributed by atoms with van der Waals surface area (Å²) in [6.45, 7) is 5.61. The molecule has 1 amide bonds. The predicted octanol–water partition coefficient (Wildman–Crippen LogP) is 6.72. The lowest BCUT2D eigenvalue weighted by molar-refractivity contribution is 0.0695. The number of hydrogen-bond donors (Lipinski definition) is 1. The van der Waals surface area contributed by atoms with Gasteiger partial charge in [-0.05, 0) is 103 Å². The van der Waals surface area contributed by atoms with Crippen molar-refractivity contribution in [1.29, 1.82) is 0 Å². The standard InChI is InChI=1S/C35H38N4O4/c1-4-31-30(34(40)41)21-37-39(31)33-29(9-6-16-36-33)28-8-5-7-24-10-13-27(32(24)28)20-25-11-12-26(19-22(25)2)23-14-17-38(18-15-23)35(42)43-3/h5-9,11-12,16,19,21,23,27H,4,10,13-15,17-18,20H2,1-3H3,(H,40,41). The number of ether oxygens (including phenoxy) is 1. The van der Waals surface area contributed by atoms with Gasteiger partial charge in [0.1, 0.15) is 5.56 Å². The Morgan fingerprint density at radius 1 is 1.05 bits per heavy atom. The van der Waals surface area contributed by atoms with Crippen LogP contribution in [-0.4, -0.2) is 57.0 Å². The largest absolute Gasteiger partial charge is 0.478 e. The van der Waals surface area contributed by atoms with Crippen molar-refractivity contribution in [2.45, 2.75) is 64.2 Å². The summed E-state index contributed by atoms with van der Waals surface area (Å²) in [5, 5.41) is 14.2. The molecule has 1 N–H and O–H groups in total. The number of carboxylic acids is 1. The molecule has 43 heavy (non-hydrogen) atoms. The predicted molar refractivity (Wildman–Crippen MR) is 165 cm³/mol. The number of rotatable bonds is 7. The molecule has 1 fully saturated rings. The van der Waals surface area contributed by atoms with Crippen molar-refractivity contribution >= 4 is 12.1 Å². The van der Waals surface area contributed by atoms with Crippen LogP contribution in [0.3, 0.4) is 0 Å². The number of aryl methyl sites for hydroxylation is 2. The van der Waals surface area contributed by atoms with E-state index in [9.17, 15) is 14.7 Å². The summed E-state index contributed by atoms with van der Waals surface area (Å²) in [6.07, 6.45) is 8.43. The lowest BCUT2D eigenvalue weighted by Crippen LogP contribution is -2.37. The molecular formula is C35H38N4O4. The number of pyridine rings is 1. The van der Waals surface area contributed by atoms with Crippen LogP contribution in [0.2, 0.25) is 0 Å². The molecule has 8 nitrogen and oxygen atoms in total. The number of aromatic carboxylic acids is 1. The Bertz CT molecular complexity index is 1670. The van der Waals surface area contributed by atoms with Gasteiger partial charge in [-0.15, -0.1) is 0 Å². The summed E-state index contributed by atoms with van der Waals surface area (Å²) in [5.74, 6) is 0.498. The van der Waals surface area contributed by atoms with E-state index in [4.69, 9.17) is 9.72 Å². The van der Waals surface area contributed by atoms with E-state index in [1.165, 1.54) is 41.1 Å². The topological polar surface area (TPSA) is 97.5 Å². The highest BCUT2D eigenvalue weighted by atomic mass is 16.5. The first kappa shape index (κ1) is 28.6. The van der Waals surface area contributed by atoms with Crippen molar-refractivity contribution < 1.29 is 19.4 Å². The van der Waals surface area contributed by atoms with Gasteiger partial charge < -0.3 is 14.7 Å². The van der Waals surface area contributed by atoms with Crippen molar-refractivity contribution in [3.8, 4) is 16.9 Å². The van der Waals surface area contributed by atoms with Gasteiger partial charge in [-0.2, -0.15) is 5.10 Å². The van der Waals surface area contributed by atoms with Crippen molar-refractivity contribution in [3.63, 3.8) is 0 Å². The monoisotopic (exact) mass is 578 g/mol. The molecule has 1 unspecified atom stereocenters. The zero-order valence-electron chi connectivity index (χ0n) is 25.0. The fraction of sp³-hybridized carbons (Fsp3) is 0.371. The van der Waals surface area contributed by atoms with Crippen LogP contribution < -0.4 is 0 Å². The van der Waals surface area contributed by atoms with Crippen molar-refractivity contribution in [2.75, 3.05) is 20.2 Å². The van der Waals surface area contributed by atoms with Crippen molar-refractivity contribution in [1.82, 2.24) is 19.7 Å². The van der Waals surface area contributed by atoms with E-state index in [1.807, 2.05) is 13.0 Å². The normalized spacial score (nSPS) is 16.7. The van der Waals surface area contributed by atoms with Gasteiger partial charge in [0.05, 0.1) is 19.0 Å². The third kappa shape index (κ3) is 5.42. The molecule has 3 heterocycles. The second-order valence-corrected chi connectivity index (χ2v) is 11.7. The number of benzene rings is 2. The molecule has 2 aliphatic rings. The van der Waals surface area contributed by atoms with Crippen LogP contribution in [0, 0.1) is 6.92 Å². The number of amides is 1. The van der Waals surface area contributed by atoms with E-state index in [1.54, 1.807) is 15.8 Å². The Hall–Kier alpha value is -4.46. The summed E-state index contributed by atoms with van der Waals surface area (Å²) in [5.41, 5.74) is 9.71. The Morgan fingerprint density at radius 2 is 1.84 bits per heavy atom. The zero-order chi connectivity index (χ0) is 30.1. The van der Waals surface area contributed by atoms with Gasteiger partial charge in [-0.3, -0.25) is 0 Å². The number of piperidine rings is 1. The Labute approximate surface area is 252 Å². The minimum atomic E-state index is -0.978. The second kappa shape index (κ2) is 12.0. The minimum absolute atomic E-state index is 0.211. The lowest BCUT2D eigenvalue weighted by Gasteiger charge is -2.31. The average Bonchev–Trinajstić information content (AvgIpc) is 3.66. The molecule has 1 atom stereocenters. The number of aromatic nitrogens is 3. The molecule has 2 aromatic heterocycles. The molecule has 1 aliphatic carbocycles. The van der Waals surface area contributed by atoms with Crippen LogP contribution in [0.4, 0.5) is 4.79 Å². The third-order valence-corrected chi connectivity index (χ3v) is 9.31. The van der Waals surface area contributed by atoms with E-state index in [0.717, 1.165) is 56.3 Å². The maximum absolute atomic E-state index is 11.9. The molecule has 0 spiro atoms. The molecule has 6 rings (SSSR count). The summed E-state index contributed by atoms with van der Waals surface area (Å²) < 4.78 is 6.59. The van der Waals surface area contributed by atoms with E-state index < -0.39 is 5.97 Å². The molecule has 4 aromatic rings. The maximum Gasteiger partial charge on any atom is 0.409 e. The highest BCUT2D eigenvalue weighted by Crippen LogP contribution is 2.43. The minimum Gasteiger partial charge on any atom is -0.478 e. The second-order valence-electron chi connectivity index (χ2n) is 11.7. The van der Waals surface area contributed by atoms with Crippen LogP contribution in [0.15, 0.2) is 60.9 Å². The first-order valence-corrected chi connectivity index (χ1v) is 15.2. The molecule has 8 heteroatoms. The van der Waals surface area contributed by atoms with Crippen molar-refractivity contribution in [3.05, 3.63) is 100.0 Å². The molecular weight excluding hydrogens is 540 g/mol. The van der Waals surface area contributed by atoms with E-state index >= 15 is 0 Å². The van der Waals surface area contributed by atoms with Crippen LogP contribution >= 0.6 is 0 Å². The number of methoxy groups -OCH3 is 1. The molecule has 0 saturated carbocycles. The van der Waals surface area contributed by atoms with Gasteiger partial charge in [-0.25, -0.2) is 19.3 Å². The molecule has 1 saturated heterocycles. The summed E-state index contributed by atoms with van der Waals surface area (Å²) >= 11 is 0. The van der Waals surface area contributed by atoms with Gasteiger partial charge in [0.25, 0.3) is 0 Å². The van der Waals surface area contributed by atoms with E-state index in [2.05, 4.69) is 54.5 Å². The van der Waals surface area contributed by atoms with Crippen LogP contribution in [0.25, 0.3) is 16.9 Å². The summed E-state index contributed by atoms with van der Waals surface area (Å²) in [7, 11) is 1.44. The summed E-state index contributed by atoms with van der Waals surface area (Å²) in [4.78, 5) is 30.2. The number of carboxylic acid groups (broad SMARTS) is 1. The zero-order valence-corrected chi connectivity index (χ0v) is 25.0. The van der Waals surface area contributed by atoms with Gasteiger partial charge in [-0.1, -0.05) is 43.3 Å². The number of carbonyl (C=O) groups excluding carboxylic acids is 1. The lowest BCUT2D eigenvalue weighted by atomic mass is 9.84. The smallest absolute Gasteiger partial charge is 0.409 e. The average molecular weight is 579 g/mol. The molecule has 1 aliphatic heterocycles. The number of hydrogen-bond acceptors (Lipinski definition) is 5. The van der Waals surface area contributed by atoms with Crippen LogP contribution in [0.1, 0.15) is 81.9 Å². The SMILES string of the molecule is CCc1c(C(=O)O)cnn1-c1ncccc1-c1cccc2c1C(Cc1ccc(C3CCN(C(=O)OC)CC3)cc1C)CC2. The van der Waals surface area contributed by atoms with Crippen LogP contribution in [0.5, 0.6) is 0 Å². The third-order valence-electron chi connectivity index (χ3n) is 9.31. The molecule has 0 bridgehead atoms. The Morgan fingerprint density at radius 3 is 2.56 bits per heavy atom. The van der Waals surface area contributed by atoms with E-state index in [0.29, 0.717) is 29.8 Å². The van der Waals surface area contributed by atoms with Gasteiger partial charge >= 0.3 is 12.1 Å². The molecule has 222 valence electrons. The first-order chi connectivity index (χ1) is 20.9. The number of fused-ring (bicyclic) bond motifs is 1. The Kier molecular flexibility index (Phi) is 8.02. The van der Waals surface area contributed by atoms with Crippen LogP contribution in [-0.2, 0) is 24.0 Å². The molecule has 2 aromatic carbocycles. The maximum atomic E-state index is 11.9. The fourth-order valence-electron chi connectivity index (χ4n) is 7.07. The first-order valence-electron chi connectivity index (χ1n) is 15.2. The quantitative estimate of drug-likeness (QED) is 0.261. The van der Waals surface area contributed by atoms with Gasteiger partial charge in [0, 0.05) is 24.8 Å². The highest BCUT2D eigenvalue weighted by molar-refractivity contribution is 5.89. The van der Waals surface area contributed by atoms with E-state index in [-0.39, 0.29) is 11.7 Å². The number of likely N-dealkylation sites (tertiary alicyclic amines) is 1. The summed E-state index contributed by atoms with van der Waals surface area (Å²) in [6, 6.07) is 17.5. The Balaban J connectivity index is 1.28. The van der Waals surface area contributed by atoms with Gasteiger partial charge in [0.15, 0.2) is 5.82 Å².